The second-order valence-corrected chi connectivity index (χ2v) is 8.58. The van der Waals surface area contributed by atoms with Gasteiger partial charge in [-0.25, -0.2) is 8.42 Å². The number of hydrogen-bond acceptors (Lipinski definition) is 4. The fourth-order valence-electron chi connectivity index (χ4n) is 3.11. The first-order valence-electron chi connectivity index (χ1n) is 7.26. The molecule has 1 fully saturated rings. The summed E-state index contributed by atoms with van der Waals surface area (Å²) in [5.74, 6) is -0.422. The lowest BCUT2D eigenvalue weighted by Gasteiger charge is -2.08. The van der Waals surface area contributed by atoms with Crippen molar-refractivity contribution in [2.45, 2.75) is 28.5 Å². The predicted molar refractivity (Wildman–Crippen MR) is 90.4 cm³/mol. The van der Waals surface area contributed by atoms with E-state index in [0.29, 0.717) is 5.02 Å². The molecule has 0 aromatic heterocycles. The van der Waals surface area contributed by atoms with Gasteiger partial charge in [0.15, 0.2) is 9.84 Å². The van der Waals surface area contributed by atoms with Crippen LogP contribution in [0.5, 0.6) is 0 Å². The molecule has 0 radical (unpaired) electrons. The third-order valence-electron chi connectivity index (χ3n) is 4.49. The number of nitrogens with two attached hydrogens (primary N) is 1. The summed E-state index contributed by atoms with van der Waals surface area (Å²) in [7, 11) is -3.65. The van der Waals surface area contributed by atoms with Gasteiger partial charge in [-0.2, -0.15) is 0 Å². The van der Waals surface area contributed by atoms with Gasteiger partial charge in [0.1, 0.15) is 0 Å². The average Bonchev–Trinajstić information content (AvgIpc) is 3.16. The molecule has 0 bridgehead atoms. The second-order valence-electron chi connectivity index (χ2n) is 6.08. The first kappa shape index (κ1) is 16.5. The first-order valence-corrected chi connectivity index (χ1v) is 9.19. The monoisotopic (exact) mass is 351 g/mol. The minimum absolute atomic E-state index is 0.171. The van der Waals surface area contributed by atoms with E-state index in [2.05, 4.69) is 0 Å². The molecule has 4 nitrogen and oxygen atoms in total. The molecule has 1 aliphatic rings. The number of benzene rings is 2. The summed E-state index contributed by atoms with van der Waals surface area (Å²) in [5, 5.41) is 9.29. The summed E-state index contributed by atoms with van der Waals surface area (Å²) in [4.78, 5) is 0.171. The van der Waals surface area contributed by atoms with E-state index >= 15 is 0 Å². The molecule has 1 saturated carbocycles. The highest BCUT2D eigenvalue weighted by molar-refractivity contribution is 7.92. The largest absolute Gasteiger partial charge is 0.394 e. The van der Waals surface area contributed by atoms with E-state index in [1.165, 1.54) is 24.3 Å². The third kappa shape index (κ3) is 2.68. The highest BCUT2D eigenvalue weighted by Gasteiger charge is 2.69. The molecule has 0 heterocycles. The smallest absolute Gasteiger partial charge is 0.183 e. The van der Waals surface area contributed by atoms with Crippen LogP contribution in [0.4, 0.5) is 0 Å². The highest BCUT2D eigenvalue weighted by atomic mass is 35.5. The van der Waals surface area contributed by atoms with E-state index in [9.17, 15) is 13.5 Å². The number of halogens is 1. The molecular weight excluding hydrogens is 334 g/mol. The average molecular weight is 352 g/mol. The maximum absolute atomic E-state index is 12.9. The molecular formula is C17H18ClNO3S. The van der Waals surface area contributed by atoms with Crippen LogP contribution >= 0.6 is 11.6 Å². The fraction of sp³-hybridized carbons (Fsp3) is 0.294. The molecule has 0 amide bonds. The molecule has 0 spiro atoms. The van der Waals surface area contributed by atoms with Crippen molar-refractivity contribution in [3.63, 3.8) is 0 Å². The van der Waals surface area contributed by atoms with Crippen LogP contribution < -0.4 is 5.73 Å². The van der Waals surface area contributed by atoms with Crippen LogP contribution in [0.1, 0.15) is 17.0 Å². The summed E-state index contributed by atoms with van der Waals surface area (Å²) in [6.07, 6.45) is 0. The maximum atomic E-state index is 12.9. The number of hydrogen-bond donors (Lipinski definition) is 2. The van der Waals surface area contributed by atoms with E-state index < -0.39 is 26.5 Å². The molecule has 0 aliphatic heterocycles. The molecule has 2 aromatic rings. The van der Waals surface area contributed by atoms with Crippen molar-refractivity contribution < 1.29 is 13.5 Å². The summed E-state index contributed by atoms with van der Waals surface area (Å²) in [6.45, 7) is 1.57. The van der Waals surface area contributed by atoms with E-state index in [-0.39, 0.29) is 11.5 Å². The number of aliphatic hydroxyl groups excluding tert-OH is 1. The van der Waals surface area contributed by atoms with E-state index in [1.807, 2.05) is 31.2 Å². The van der Waals surface area contributed by atoms with Gasteiger partial charge in [-0.05, 0) is 36.8 Å². The van der Waals surface area contributed by atoms with Crippen molar-refractivity contribution in [1.82, 2.24) is 0 Å². The van der Waals surface area contributed by atoms with Crippen LogP contribution in [-0.4, -0.2) is 30.9 Å². The second kappa shape index (κ2) is 5.60. The van der Waals surface area contributed by atoms with E-state index in [1.54, 1.807) is 0 Å². The Hall–Kier alpha value is -1.40. The molecule has 1 aliphatic carbocycles. The van der Waals surface area contributed by atoms with Crippen molar-refractivity contribution in [2.24, 2.45) is 5.73 Å². The zero-order chi connectivity index (χ0) is 16.8. The van der Waals surface area contributed by atoms with Gasteiger partial charge in [0.2, 0.25) is 0 Å². The van der Waals surface area contributed by atoms with Gasteiger partial charge in [0.25, 0.3) is 0 Å². The van der Waals surface area contributed by atoms with Crippen LogP contribution in [0.3, 0.4) is 0 Å². The molecule has 6 heteroatoms. The van der Waals surface area contributed by atoms with Gasteiger partial charge in [-0.15, -0.1) is 0 Å². The van der Waals surface area contributed by atoms with Crippen molar-refractivity contribution in [3.05, 3.63) is 64.7 Å². The zero-order valence-corrected chi connectivity index (χ0v) is 14.2. The van der Waals surface area contributed by atoms with Crippen LogP contribution in [0.25, 0.3) is 0 Å². The summed E-state index contributed by atoms with van der Waals surface area (Å²) in [5.41, 5.74) is 6.95. The molecule has 3 atom stereocenters. The fourth-order valence-corrected chi connectivity index (χ4v) is 5.53. The lowest BCUT2D eigenvalue weighted by Crippen LogP contribution is -2.35. The summed E-state index contributed by atoms with van der Waals surface area (Å²) < 4.78 is 25.8. The Morgan fingerprint density at radius 2 is 1.70 bits per heavy atom. The Morgan fingerprint density at radius 3 is 2.22 bits per heavy atom. The van der Waals surface area contributed by atoms with Crippen molar-refractivity contribution in [3.8, 4) is 0 Å². The quantitative estimate of drug-likeness (QED) is 0.885. The molecule has 122 valence electrons. The summed E-state index contributed by atoms with van der Waals surface area (Å²) in [6, 6.07) is 13.6. The van der Waals surface area contributed by atoms with Gasteiger partial charge in [-0.1, -0.05) is 41.4 Å². The molecule has 0 saturated heterocycles. The van der Waals surface area contributed by atoms with Gasteiger partial charge < -0.3 is 10.8 Å². The SMILES string of the molecule is Cc1ccc([C@H]2[C@@H](S(=O)(=O)c3ccc(Cl)cc3)[C@@]2(N)CO)cc1. The lowest BCUT2D eigenvalue weighted by molar-refractivity contribution is 0.253. The topological polar surface area (TPSA) is 80.4 Å². The van der Waals surface area contributed by atoms with Crippen molar-refractivity contribution >= 4 is 21.4 Å². The van der Waals surface area contributed by atoms with Crippen LogP contribution in [0, 0.1) is 6.92 Å². The van der Waals surface area contributed by atoms with Gasteiger partial charge in [0.05, 0.1) is 22.3 Å². The van der Waals surface area contributed by atoms with E-state index in [4.69, 9.17) is 17.3 Å². The Bertz CT molecular complexity index is 818. The standard InChI is InChI=1S/C17H18ClNO3S/c1-11-2-4-12(5-3-11)15-16(17(15,19)10-20)23(21,22)14-8-6-13(18)7-9-14/h2-9,15-16,20H,10,19H2,1H3/t15-,16+,17+/m0/s1. The highest BCUT2D eigenvalue weighted by Crippen LogP contribution is 2.55. The van der Waals surface area contributed by atoms with Crippen LogP contribution in [0.15, 0.2) is 53.4 Å². The molecule has 3 N–H and O–H groups in total. The number of aryl methyl sites for hydroxylation is 1. The normalized spacial score (nSPS) is 27.0. The van der Waals surface area contributed by atoms with Gasteiger partial charge >= 0.3 is 0 Å². The molecule has 23 heavy (non-hydrogen) atoms. The number of aliphatic hydroxyl groups is 1. The molecule has 2 aromatic carbocycles. The van der Waals surface area contributed by atoms with Crippen molar-refractivity contribution in [2.75, 3.05) is 6.61 Å². The lowest BCUT2D eigenvalue weighted by atomic mass is 10.1. The van der Waals surface area contributed by atoms with Gasteiger partial charge in [-0.3, -0.25) is 0 Å². The molecule has 3 rings (SSSR count). The maximum Gasteiger partial charge on any atom is 0.183 e. The number of rotatable bonds is 4. The summed E-state index contributed by atoms with van der Waals surface area (Å²) >= 11 is 5.82. The predicted octanol–water partition coefficient (Wildman–Crippen LogP) is 2.28. The minimum Gasteiger partial charge on any atom is -0.394 e. The number of sulfone groups is 1. The van der Waals surface area contributed by atoms with Crippen LogP contribution in [-0.2, 0) is 9.84 Å². The zero-order valence-electron chi connectivity index (χ0n) is 12.6. The van der Waals surface area contributed by atoms with Crippen molar-refractivity contribution in [1.29, 1.82) is 0 Å². The Kier molecular flexibility index (Phi) is 4.01. The van der Waals surface area contributed by atoms with E-state index in [0.717, 1.165) is 11.1 Å². The Labute approximate surface area is 140 Å². The third-order valence-corrected chi connectivity index (χ3v) is 7.05. The Morgan fingerprint density at radius 1 is 1.13 bits per heavy atom. The van der Waals surface area contributed by atoms with Gasteiger partial charge in [0, 0.05) is 10.9 Å². The Balaban J connectivity index is 2.01. The minimum atomic E-state index is -3.65. The first-order chi connectivity index (χ1) is 10.8. The molecule has 0 unspecified atom stereocenters. The van der Waals surface area contributed by atoms with Crippen LogP contribution in [0.2, 0.25) is 5.02 Å².